The van der Waals surface area contributed by atoms with Gasteiger partial charge in [-0.15, -0.1) is 0 Å². The second-order valence-electron chi connectivity index (χ2n) is 3.60. The number of benzene rings is 1. The van der Waals surface area contributed by atoms with Crippen LogP contribution < -0.4 is 15.4 Å². The summed E-state index contributed by atoms with van der Waals surface area (Å²) in [4.78, 5) is 22.3. The zero-order valence-corrected chi connectivity index (χ0v) is 10.4. The van der Waals surface area contributed by atoms with Crippen molar-refractivity contribution in [3.8, 4) is 5.75 Å². The molecule has 0 bridgehead atoms. The molecule has 0 aromatic heterocycles. The highest BCUT2D eigenvalue weighted by Gasteiger charge is 2.19. The fraction of sp³-hybridized carbons (Fsp3) is 0.333. The van der Waals surface area contributed by atoms with Crippen LogP contribution in [0.25, 0.3) is 0 Å². The third kappa shape index (κ3) is 4.47. The fourth-order valence-electron chi connectivity index (χ4n) is 1.35. The Morgan fingerprint density at radius 2 is 2.05 bits per heavy atom. The first-order valence-corrected chi connectivity index (χ1v) is 5.71. The van der Waals surface area contributed by atoms with E-state index in [1.807, 2.05) is 6.92 Å². The van der Waals surface area contributed by atoms with Crippen LogP contribution in [-0.2, 0) is 4.79 Å². The Labute approximate surface area is 110 Å². The van der Waals surface area contributed by atoms with E-state index < -0.39 is 24.6 Å². The quantitative estimate of drug-likeness (QED) is 0.606. The minimum absolute atomic E-state index is 0.420. The van der Waals surface area contributed by atoms with Gasteiger partial charge in [-0.05, 0) is 19.1 Å². The van der Waals surface area contributed by atoms with E-state index >= 15 is 0 Å². The van der Waals surface area contributed by atoms with Crippen LogP contribution in [0.3, 0.4) is 0 Å². The number of amides is 2. The lowest BCUT2D eigenvalue weighted by Gasteiger charge is -2.14. The lowest BCUT2D eigenvalue weighted by Crippen LogP contribution is -2.45. The summed E-state index contributed by atoms with van der Waals surface area (Å²) in [5.41, 5.74) is 0.420. The Morgan fingerprint density at radius 3 is 2.63 bits per heavy atom. The van der Waals surface area contributed by atoms with Crippen molar-refractivity contribution in [3.05, 3.63) is 24.3 Å². The number of hydrogen-bond acceptors (Lipinski definition) is 4. The second-order valence-corrected chi connectivity index (χ2v) is 3.60. The maximum atomic E-state index is 11.6. The van der Waals surface area contributed by atoms with Crippen LogP contribution in [0.4, 0.5) is 10.5 Å². The molecule has 1 aromatic carbocycles. The van der Waals surface area contributed by atoms with Crippen molar-refractivity contribution in [2.75, 3.05) is 18.5 Å². The Kier molecular flexibility index (Phi) is 5.62. The van der Waals surface area contributed by atoms with E-state index in [0.717, 1.165) is 0 Å². The second kappa shape index (κ2) is 7.22. The van der Waals surface area contributed by atoms with Crippen molar-refractivity contribution in [3.63, 3.8) is 0 Å². The highest BCUT2D eigenvalue weighted by Crippen LogP contribution is 2.23. The maximum Gasteiger partial charge on any atom is 0.328 e. The van der Waals surface area contributed by atoms with Crippen molar-refractivity contribution in [2.45, 2.75) is 13.0 Å². The normalized spacial score (nSPS) is 11.5. The van der Waals surface area contributed by atoms with Crippen LogP contribution in [0.5, 0.6) is 5.75 Å². The molecule has 0 heterocycles. The summed E-state index contributed by atoms with van der Waals surface area (Å²) in [6, 6.07) is 4.69. The SMILES string of the molecule is CCOc1ccccc1NC(=O)N[C@H](CO)C(=O)O. The molecule has 1 rings (SSSR count). The summed E-state index contributed by atoms with van der Waals surface area (Å²) in [5, 5.41) is 22.1. The number of carbonyl (C=O) groups excluding carboxylic acids is 1. The maximum absolute atomic E-state index is 11.6. The number of carboxylic acid groups (broad SMARTS) is 1. The van der Waals surface area contributed by atoms with Gasteiger partial charge in [0.2, 0.25) is 0 Å². The summed E-state index contributed by atoms with van der Waals surface area (Å²) < 4.78 is 5.31. The van der Waals surface area contributed by atoms with Crippen molar-refractivity contribution >= 4 is 17.7 Å². The lowest BCUT2D eigenvalue weighted by molar-refractivity contribution is -0.140. The highest BCUT2D eigenvalue weighted by molar-refractivity contribution is 5.93. The highest BCUT2D eigenvalue weighted by atomic mass is 16.5. The predicted octanol–water partition coefficient (Wildman–Crippen LogP) is 0.652. The van der Waals surface area contributed by atoms with Gasteiger partial charge < -0.3 is 25.6 Å². The molecule has 7 heteroatoms. The summed E-state index contributed by atoms with van der Waals surface area (Å²) in [6.45, 7) is 1.56. The largest absolute Gasteiger partial charge is 0.492 e. The van der Waals surface area contributed by atoms with E-state index in [-0.39, 0.29) is 0 Å². The average molecular weight is 268 g/mol. The summed E-state index contributed by atoms with van der Waals surface area (Å²) in [6.07, 6.45) is 0. The van der Waals surface area contributed by atoms with E-state index in [2.05, 4.69) is 10.6 Å². The molecular formula is C12H16N2O5. The minimum atomic E-state index is -1.35. The molecule has 0 aliphatic heterocycles. The first-order valence-electron chi connectivity index (χ1n) is 5.71. The number of aliphatic hydroxyl groups excluding tert-OH is 1. The van der Waals surface area contributed by atoms with Crippen LogP contribution in [0.2, 0.25) is 0 Å². The Morgan fingerprint density at radius 1 is 1.37 bits per heavy atom. The standard InChI is InChI=1S/C12H16N2O5/c1-2-19-10-6-4-3-5-8(10)13-12(18)14-9(7-15)11(16)17/h3-6,9,15H,2,7H2,1H3,(H,16,17)(H2,13,14,18)/t9-/m1/s1. The lowest BCUT2D eigenvalue weighted by atomic mass is 10.3. The van der Waals surface area contributed by atoms with Gasteiger partial charge in [0, 0.05) is 0 Å². The molecule has 19 heavy (non-hydrogen) atoms. The number of ether oxygens (including phenoxy) is 1. The Hall–Kier alpha value is -2.28. The summed E-state index contributed by atoms with van der Waals surface area (Å²) >= 11 is 0. The third-order valence-corrected chi connectivity index (χ3v) is 2.22. The Balaban J connectivity index is 2.69. The van der Waals surface area contributed by atoms with E-state index in [1.54, 1.807) is 24.3 Å². The molecule has 7 nitrogen and oxygen atoms in total. The number of para-hydroxylation sites is 2. The number of urea groups is 1. The third-order valence-electron chi connectivity index (χ3n) is 2.22. The topological polar surface area (TPSA) is 108 Å². The molecule has 104 valence electrons. The molecule has 1 aromatic rings. The first-order chi connectivity index (χ1) is 9.08. The van der Waals surface area contributed by atoms with Crippen LogP contribution in [0, 0.1) is 0 Å². The van der Waals surface area contributed by atoms with Gasteiger partial charge in [0.05, 0.1) is 18.9 Å². The van der Waals surface area contributed by atoms with Crippen molar-refractivity contribution < 1.29 is 24.5 Å². The Bertz CT molecular complexity index is 450. The van der Waals surface area contributed by atoms with Gasteiger partial charge in [0.1, 0.15) is 5.75 Å². The number of nitrogens with one attached hydrogen (secondary N) is 2. The first kappa shape index (κ1) is 14.8. The summed E-state index contributed by atoms with van der Waals surface area (Å²) in [5.74, 6) is -0.827. The molecule has 0 radical (unpaired) electrons. The van der Waals surface area contributed by atoms with E-state index in [1.165, 1.54) is 0 Å². The molecule has 2 amide bonds. The van der Waals surface area contributed by atoms with Crippen LogP contribution >= 0.6 is 0 Å². The van der Waals surface area contributed by atoms with E-state index in [9.17, 15) is 9.59 Å². The summed E-state index contributed by atoms with van der Waals surface area (Å²) in [7, 11) is 0. The van der Waals surface area contributed by atoms with Gasteiger partial charge >= 0.3 is 12.0 Å². The van der Waals surface area contributed by atoms with Crippen LogP contribution in [0.15, 0.2) is 24.3 Å². The number of rotatable bonds is 6. The van der Waals surface area contributed by atoms with Gasteiger partial charge in [-0.2, -0.15) is 0 Å². The zero-order chi connectivity index (χ0) is 14.3. The smallest absolute Gasteiger partial charge is 0.328 e. The van der Waals surface area contributed by atoms with Crippen LogP contribution in [0.1, 0.15) is 6.92 Å². The molecule has 0 saturated heterocycles. The van der Waals surface area contributed by atoms with E-state index in [4.69, 9.17) is 14.9 Å². The number of aliphatic carboxylic acids is 1. The van der Waals surface area contributed by atoms with Gasteiger partial charge in [0.25, 0.3) is 0 Å². The minimum Gasteiger partial charge on any atom is -0.492 e. The van der Waals surface area contributed by atoms with Crippen molar-refractivity contribution in [2.24, 2.45) is 0 Å². The fourth-order valence-corrected chi connectivity index (χ4v) is 1.35. The number of hydrogen-bond donors (Lipinski definition) is 4. The zero-order valence-electron chi connectivity index (χ0n) is 10.4. The molecule has 4 N–H and O–H groups in total. The van der Waals surface area contributed by atoms with Gasteiger partial charge in [0.15, 0.2) is 6.04 Å². The van der Waals surface area contributed by atoms with Gasteiger partial charge in [-0.25, -0.2) is 9.59 Å². The van der Waals surface area contributed by atoms with Gasteiger partial charge in [-0.1, -0.05) is 12.1 Å². The molecule has 0 unspecified atom stereocenters. The van der Waals surface area contributed by atoms with Crippen molar-refractivity contribution in [1.82, 2.24) is 5.32 Å². The number of carbonyl (C=O) groups is 2. The number of carboxylic acids is 1. The number of aliphatic hydroxyl groups is 1. The number of anilines is 1. The average Bonchev–Trinajstić information content (AvgIpc) is 2.38. The molecular weight excluding hydrogens is 252 g/mol. The molecule has 0 aliphatic rings. The van der Waals surface area contributed by atoms with Gasteiger partial charge in [-0.3, -0.25) is 0 Å². The monoisotopic (exact) mass is 268 g/mol. The molecule has 0 fully saturated rings. The molecule has 0 aliphatic carbocycles. The van der Waals surface area contributed by atoms with Crippen LogP contribution in [-0.4, -0.2) is 41.5 Å². The van der Waals surface area contributed by atoms with Crippen molar-refractivity contribution in [1.29, 1.82) is 0 Å². The molecule has 1 atom stereocenters. The molecule has 0 spiro atoms. The molecule has 0 saturated carbocycles. The van der Waals surface area contributed by atoms with E-state index in [0.29, 0.717) is 18.0 Å². The predicted molar refractivity (Wildman–Crippen MR) is 68.3 cm³/mol.